The summed E-state index contributed by atoms with van der Waals surface area (Å²) in [6.07, 6.45) is -40.6. The van der Waals surface area contributed by atoms with Gasteiger partial charge >= 0.3 is 5.97 Å². The fraction of sp³-hybridized carbons (Fsp3) is 0.953. The molecule has 0 amide bonds. The molecule has 6 heterocycles. The van der Waals surface area contributed by atoms with Crippen molar-refractivity contribution in [3.05, 3.63) is 11.6 Å². The van der Waals surface area contributed by atoms with Crippen LogP contribution in [-0.4, -0.2) is 303 Å². The molecule has 30 heteroatoms. The smallest absolute Gasteiger partial charge is 0.317 e. The van der Waals surface area contributed by atoms with Crippen molar-refractivity contribution < 1.29 is 148 Å². The van der Waals surface area contributed by atoms with Crippen LogP contribution in [0.25, 0.3) is 0 Å². The second kappa shape index (κ2) is 27.1. The molecule has 37 atom stereocenters. The summed E-state index contributed by atoms with van der Waals surface area (Å²) in [5.41, 5.74) is -2.90. The number of rotatable bonds is 14. The van der Waals surface area contributed by atoms with E-state index < -0.39 is 244 Å². The van der Waals surface area contributed by atoms with Gasteiger partial charge in [0, 0.05) is 0 Å². The van der Waals surface area contributed by atoms with Crippen molar-refractivity contribution in [2.75, 3.05) is 26.4 Å². The van der Waals surface area contributed by atoms with Crippen molar-refractivity contribution in [2.24, 2.45) is 50.2 Å². The Kier molecular flexibility index (Phi) is 21.2. The zero-order valence-electron chi connectivity index (χ0n) is 54.7. The van der Waals surface area contributed by atoms with Gasteiger partial charge in [-0.1, -0.05) is 60.1 Å². The molecule has 6 aliphatic heterocycles. The van der Waals surface area contributed by atoms with E-state index in [1.54, 1.807) is 0 Å². The third-order valence-corrected chi connectivity index (χ3v) is 24.8. The van der Waals surface area contributed by atoms with Crippen molar-refractivity contribution >= 4 is 5.97 Å². The molecule has 0 radical (unpaired) electrons. The van der Waals surface area contributed by atoms with Gasteiger partial charge in [0.2, 0.25) is 6.29 Å². The number of esters is 1. The monoisotopic (exact) mass is 1350 g/mol. The van der Waals surface area contributed by atoms with Gasteiger partial charge in [-0.05, 0) is 116 Å². The van der Waals surface area contributed by atoms with Crippen LogP contribution in [0, 0.1) is 50.2 Å². The van der Waals surface area contributed by atoms with Crippen LogP contribution in [0.5, 0.6) is 0 Å². The van der Waals surface area contributed by atoms with Crippen LogP contribution in [0.15, 0.2) is 11.6 Å². The minimum Gasteiger partial charge on any atom is -0.432 e. The summed E-state index contributed by atoms with van der Waals surface area (Å²) in [6, 6.07) is 0. The number of aliphatic hydroxyl groups excluding tert-OH is 17. The Morgan fingerprint density at radius 2 is 1.03 bits per heavy atom. The molecule has 0 aromatic rings. The van der Waals surface area contributed by atoms with Gasteiger partial charge in [0.25, 0.3) is 0 Å². The van der Waals surface area contributed by atoms with Gasteiger partial charge in [-0.3, -0.25) is 4.79 Å². The Hall–Kier alpha value is -1.91. The highest BCUT2D eigenvalue weighted by Crippen LogP contribution is 2.76. The number of carbonyl (C=O) groups excluding carboxylic acids is 1. The van der Waals surface area contributed by atoms with Crippen LogP contribution >= 0.6 is 0 Å². The van der Waals surface area contributed by atoms with Crippen LogP contribution in [0.3, 0.4) is 0 Å². The summed E-state index contributed by atoms with van der Waals surface area (Å²) >= 11 is 0. The van der Waals surface area contributed by atoms with Gasteiger partial charge in [0.1, 0.15) is 121 Å². The van der Waals surface area contributed by atoms with Crippen molar-refractivity contribution in [3.63, 3.8) is 0 Å². The standard InChI is InChI=1S/C64H104O30/c1-24-36(70)40(74)44(78)53(85-24)92-50-47(81)56(88-31(21-66)49(50)91-52-43(77)37(71)28(67)22-83-52)89-35-13-14-61(7)32(60(35,5)6)12-15-62(8)33(61)11-10-26-27-18-59(3,4)16-17-64(27,34(69)19-63(26,62)9)58(82)94-57-51(38(72)29(68)23-84-57)93-54-46(80)42(76)48(25(2)86-54)90-55-45(79)41(75)39(73)30(20-65)87-55/h10,24-25,27-57,65-81H,11-23H2,1-9H3/t24-,25-,27?,28+,29-,30+,31+,32?,33?,34+,35?,36-,37-,38-,39+,40+,41-,42-,43+,44+,45+,46+,47+,48-,49+,50+,51+,52-,53-,54-,55-,56-,57+,61?,62?,63+,64?/m0/s1. The van der Waals surface area contributed by atoms with Crippen LogP contribution in [-0.2, 0) is 61.6 Å². The Labute approximate surface area is 545 Å². The number of fused-ring (bicyclic) bond motifs is 7. The van der Waals surface area contributed by atoms with Gasteiger partial charge in [0.05, 0.1) is 50.8 Å². The third kappa shape index (κ3) is 12.3. The normalized spacial score (nSPS) is 55.0. The van der Waals surface area contributed by atoms with Gasteiger partial charge in [-0.25, -0.2) is 0 Å². The zero-order valence-corrected chi connectivity index (χ0v) is 54.7. The molecule has 94 heavy (non-hydrogen) atoms. The maximum Gasteiger partial charge on any atom is 0.317 e. The third-order valence-electron chi connectivity index (χ3n) is 24.8. The minimum atomic E-state index is -1.96. The molecule has 17 N–H and O–H groups in total. The van der Waals surface area contributed by atoms with Gasteiger partial charge in [-0.2, -0.15) is 0 Å². The highest BCUT2D eigenvalue weighted by molar-refractivity contribution is 5.80. The van der Waals surface area contributed by atoms with Crippen LogP contribution < -0.4 is 0 Å². The molecule has 0 aromatic heterocycles. The molecule has 0 bridgehead atoms. The van der Waals surface area contributed by atoms with E-state index in [9.17, 15) is 86.8 Å². The lowest BCUT2D eigenvalue weighted by Gasteiger charge is -2.71. The van der Waals surface area contributed by atoms with Crippen LogP contribution in [0.1, 0.15) is 120 Å². The number of hydrogen-bond donors (Lipinski definition) is 17. The molecule has 7 unspecified atom stereocenters. The quantitative estimate of drug-likeness (QED) is 0.0447. The highest BCUT2D eigenvalue weighted by Gasteiger charge is 2.72. The molecular weight excluding hydrogens is 1250 g/mol. The lowest BCUT2D eigenvalue weighted by molar-refractivity contribution is -0.388. The van der Waals surface area contributed by atoms with Gasteiger partial charge in [-0.15, -0.1) is 0 Å². The Balaban J connectivity index is 0.811. The molecule has 0 spiro atoms. The first-order valence-corrected chi connectivity index (χ1v) is 33.5. The van der Waals surface area contributed by atoms with E-state index in [2.05, 4.69) is 54.5 Å². The average Bonchev–Trinajstić information content (AvgIpc) is 0.672. The fourth-order valence-electron chi connectivity index (χ4n) is 18.9. The summed E-state index contributed by atoms with van der Waals surface area (Å²) in [5, 5.41) is 187. The van der Waals surface area contributed by atoms with Crippen molar-refractivity contribution in [1.82, 2.24) is 0 Å². The SMILES string of the molecule is C[C@@H]1O[C@@H](O[C@@H]2[C@@H](O)[C@H](OC3CCC4(C)C(CCC5(C)C4CC=C4C6CC(C)(C)CCC6(C(=O)O[C@H]6OC[C@H](O)[C@H](O)[C@H]6O[C@@H]6O[C@@H](C)[C@H](O[C@@H]7O[C@H](CO)[C@@H](O)[C@H](O)[C@H]7O)[C@@H](O)[C@H]6O)[C@H](O)C[C@]45C)C3(C)C)O[C@H](CO)[C@H]2O[C@@H]2OC[C@@H](O)[C@H](O)[C@H]2O)[C@H](O)[C@H](O)[C@H]1O. The molecule has 0 aromatic carbocycles. The second-order valence-electron chi connectivity index (χ2n) is 31.1. The maximum atomic E-state index is 15.5. The van der Waals surface area contributed by atoms with E-state index in [1.165, 1.54) is 13.8 Å². The highest BCUT2D eigenvalue weighted by atomic mass is 16.8. The first kappa shape index (κ1) is 73.3. The molecule has 10 fully saturated rings. The van der Waals surface area contributed by atoms with E-state index in [-0.39, 0.29) is 35.5 Å². The minimum absolute atomic E-state index is 0.00613. The maximum absolute atomic E-state index is 15.5. The summed E-state index contributed by atoms with van der Waals surface area (Å²) in [7, 11) is 0. The molecule has 11 aliphatic rings. The zero-order chi connectivity index (χ0) is 68.6. The van der Waals surface area contributed by atoms with Crippen LogP contribution in [0.2, 0.25) is 0 Å². The molecule has 4 saturated carbocycles. The number of allylic oxidation sites excluding steroid dienone is 2. The predicted molar refractivity (Wildman–Crippen MR) is 315 cm³/mol. The van der Waals surface area contributed by atoms with E-state index in [4.69, 9.17) is 56.8 Å². The fourth-order valence-corrected chi connectivity index (χ4v) is 18.9. The first-order chi connectivity index (χ1) is 44.0. The predicted octanol–water partition coefficient (Wildman–Crippen LogP) is -4.08. The Morgan fingerprint density at radius 3 is 1.69 bits per heavy atom. The topological polar surface area (TPSA) is 472 Å². The average molecular weight is 1350 g/mol. The molecule has 30 nitrogen and oxygen atoms in total. The molecule has 5 aliphatic carbocycles. The summed E-state index contributed by atoms with van der Waals surface area (Å²) in [5.74, 6) is -1.33. The van der Waals surface area contributed by atoms with E-state index in [1.807, 2.05) is 0 Å². The lowest BCUT2D eigenvalue weighted by Crippen LogP contribution is -2.69. The van der Waals surface area contributed by atoms with E-state index >= 15 is 4.79 Å². The number of carbonyl (C=O) groups is 1. The van der Waals surface area contributed by atoms with Crippen molar-refractivity contribution in [3.8, 4) is 0 Å². The number of aliphatic hydroxyl groups is 17. The molecule has 540 valence electrons. The Morgan fingerprint density at radius 1 is 0.489 bits per heavy atom. The first-order valence-electron chi connectivity index (χ1n) is 33.5. The van der Waals surface area contributed by atoms with E-state index in [0.29, 0.717) is 44.9 Å². The summed E-state index contributed by atoms with van der Waals surface area (Å²) < 4.78 is 72.4. The summed E-state index contributed by atoms with van der Waals surface area (Å²) in [6.45, 7) is 15.7. The van der Waals surface area contributed by atoms with E-state index in [0.717, 1.165) is 5.57 Å². The van der Waals surface area contributed by atoms with Gasteiger partial charge < -0.3 is 144 Å². The number of ether oxygens (including phenoxy) is 12. The molecular formula is C64H104O30. The molecule has 11 rings (SSSR count). The largest absolute Gasteiger partial charge is 0.432 e. The van der Waals surface area contributed by atoms with Crippen molar-refractivity contribution in [1.29, 1.82) is 0 Å². The molecule has 6 saturated heterocycles. The summed E-state index contributed by atoms with van der Waals surface area (Å²) in [4.78, 5) is 15.5. The Bertz CT molecular complexity index is 2660. The lowest BCUT2D eigenvalue weighted by atomic mass is 9.33. The van der Waals surface area contributed by atoms with Crippen LogP contribution in [0.4, 0.5) is 0 Å². The second-order valence-corrected chi connectivity index (χ2v) is 31.1. The van der Waals surface area contributed by atoms with Crippen molar-refractivity contribution in [2.45, 2.75) is 304 Å². The van der Waals surface area contributed by atoms with Gasteiger partial charge in [0.15, 0.2) is 37.6 Å². The number of hydrogen-bond acceptors (Lipinski definition) is 30.